The fourth-order valence-corrected chi connectivity index (χ4v) is 2.39. The highest BCUT2D eigenvalue weighted by molar-refractivity contribution is 7.82. The number of ketones is 1. The van der Waals surface area contributed by atoms with Gasteiger partial charge < -0.3 is 16.4 Å². The molecule has 0 saturated carbocycles. The van der Waals surface area contributed by atoms with Gasteiger partial charge in [-0.3, -0.25) is 4.79 Å². The third kappa shape index (κ3) is 4.69. The van der Waals surface area contributed by atoms with Crippen LogP contribution in [0.3, 0.4) is 0 Å². The molecule has 0 radical (unpaired) electrons. The number of hydrogen-bond donors (Lipinski definition) is 2. The number of carbonyl (C=O) groups excluding carboxylic acids is 1. The van der Waals surface area contributed by atoms with E-state index in [0.29, 0.717) is 18.0 Å². The Morgan fingerprint density at radius 1 is 1.24 bits per heavy atom. The van der Waals surface area contributed by atoms with E-state index in [2.05, 4.69) is 0 Å². The fourth-order valence-electron chi connectivity index (χ4n) is 2.05. The van der Waals surface area contributed by atoms with Gasteiger partial charge in [-0.05, 0) is 38.6 Å². The van der Waals surface area contributed by atoms with E-state index in [0.717, 1.165) is 38.8 Å². The van der Waals surface area contributed by atoms with E-state index in [1.807, 2.05) is 4.90 Å². The number of unbranched alkanes of at least 4 members (excludes halogenated alkanes) is 1. The average Bonchev–Trinajstić information content (AvgIpc) is 2.38. The summed E-state index contributed by atoms with van der Waals surface area (Å²) in [5.41, 5.74) is 11.3. The molecule has 0 aromatic heterocycles. The molecule has 1 aliphatic heterocycles. The van der Waals surface area contributed by atoms with Gasteiger partial charge in [0.05, 0.1) is 6.04 Å². The zero-order valence-electron chi connectivity index (χ0n) is 10.4. The summed E-state index contributed by atoms with van der Waals surface area (Å²) < 4.78 is 0. The Balaban J connectivity index is 2.36. The summed E-state index contributed by atoms with van der Waals surface area (Å²) in [6.07, 6.45) is 5.97. The van der Waals surface area contributed by atoms with Crippen molar-refractivity contribution < 1.29 is 4.79 Å². The maximum Gasteiger partial charge on any atom is 0.206 e. The van der Waals surface area contributed by atoms with Crippen molar-refractivity contribution in [1.29, 1.82) is 0 Å². The molecule has 17 heavy (non-hydrogen) atoms. The number of Topliss-reactive ketones (excluding diaryl/α,β-unsaturated/α-hetero) is 1. The first-order chi connectivity index (χ1) is 8.16. The van der Waals surface area contributed by atoms with E-state index >= 15 is 0 Å². The summed E-state index contributed by atoms with van der Waals surface area (Å²) >= 11 is 5.22. The molecular weight excluding hydrogens is 234 g/mol. The lowest BCUT2D eigenvalue weighted by Gasteiger charge is -2.29. The van der Waals surface area contributed by atoms with Crippen molar-refractivity contribution >= 4 is 23.0 Å². The summed E-state index contributed by atoms with van der Waals surface area (Å²) in [5, 5.41) is 0. The van der Waals surface area contributed by atoms with Crippen LogP contribution in [0, 0.1) is 0 Å². The van der Waals surface area contributed by atoms with Gasteiger partial charge in [0.1, 0.15) is 4.99 Å². The molecular formula is C12H23N3OS. The van der Waals surface area contributed by atoms with Crippen LogP contribution in [0.25, 0.3) is 0 Å². The van der Waals surface area contributed by atoms with Gasteiger partial charge in [0.2, 0.25) is 5.78 Å². The normalized spacial score (nSPS) is 17.9. The number of nitrogens with two attached hydrogens (primary N) is 2. The molecule has 1 rings (SSSR count). The van der Waals surface area contributed by atoms with Crippen molar-refractivity contribution in [2.45, 2.75) is 44.6 Å². The number of hydrogen-bond acceptors (Lipinski definition) is 4. The quantitative estimate of drug-likeness (QED) is 0.544. The first-order valence-corrected chi connectivity index (χ1v) is 6.86. The van der Waals surface area contributed by atoms with Crippen LogP contribution in [0.15, 0.2) is 0 Å². The van der Waals surface area contributed by atoms with Crippen molar-refractivity contribution in [1.82, 2.24) is 4.90 Å². The molecule has 1 saturated heterocycles. The SMILES string of the molecule is NCCCC[C@H](N)C(=O)C(=S)N1CCCCC1. The van der Waals surface area contributed by atoms with E-state index in [1.54, 1.807) is 0 Å². The van der Waals surface area contributed by atoms with Crippen LogP contribution < -0.4 is 11.5 Å². The topological polar surface area (TPSA) is 72.3 Å². The molecule has 0 amide bonds. The molecule has 1 atom stereocenters. The highest BCUT2D eigenvalue weighted by Gasteiger charge is 2.23. The molecule has 0 aromatic rings. The van der Waals surface area contributed by atoms with E-state index in [9.17, 15) is 4.79 Å². The van der Waals surface area contributed by atoms with E-state index < -0.39 is 6.04 Å². The molecule has 4 N–H and O–H groups in total. The van der Waals surface area contributed by atoms with Crippen LogP contribution >= 0.6 is 12.2 Å². The Morgan fingerprint density at radius 2 is 1.88 bits per heavy atom. The van der Waals surface area contributed by atoms with Crippen molar-refractivity contribution in [3.05, 3.63) is 0 Å². The third-order valence-electron chi connectivity index (χ3n) is 3.16. The standard InChI is InChI=1S/C12H23N3OS/c13-7-3-2-6-10(14)11(16)12(17)15-8-4-1-5-9-15/h10H,1-9,13-14H2/t10-/m0/s1. The summed E-state index contributed by atoms with van der Waals surface area (Å²) in [4.78, 5) is 14.4. The Hall–Kier alpha value is -0.520. The first kappa shape index (κ1) is 14.5. The molecule has 5 heteroatoms. The van der Waals surface area contributed by atoms with Gasteiger partial charge in [0.15, 0.2) is 0 Å². The molecule has 1 fully saturated rings. The maximum absolute atomic E-state index is 12.0. The third-order valence-corrected chi connectivity index (χ3v) is 3.62. The Kier molecular flexibility index (Phi) is 6.62. The Labute approximate surface area is 109 Å². The van der Waals surface area contributed by atoms with Gasteiger partial charge in [0.25, 0.3) is 0 Å². The lowest BCUT2D eigenvalue weighted by Crippen LogP contribution is -2.45. The molecule has 1 aliphatic rings. The fraction of sp³-hybridized carbons (Fsp3) is 0.833. The summed E-state index contributed by atoms with van der Waals surface area (Å²) in [5.74, 6) is -0.0704. The number of thiocarbonyl (C=S) groups is 1. The van der Waals surface area contributed by atoms with Crippen LogP contribution in [0.1, 0.15) is 38.5 Å². The van der Waals surface area contributed by atoms with Crippen LogP contribution in [0.5, 0.6) is 0 Å². The summed E-state index contributed by atoms with van der Waals surface area (Å²) in [7, 11) is 0. The molecule has 0 unspecified atom stereocenters. The molecule has 0 aliphatic carbocycles. The van der Waals surface area contributed by atoms with E-state index in [4.69, 9.17) is 23.7 Å². The van der Waals surface area contributed by atoms with Crippen molar-refractivity contribution in [3.8, 4) is 0 Å². The number of rotatable bonds is 6. The highest BCUT2D eigenvalue weighted by atomic mass is 32.1. The second kappa shape index (κ2) is 7.74. The van der Waals surface area contributed by atoms with Crippen molar-refractivity contribution in [2.75, 3.05) is 19.6 Å². The smallest absolute Gasteiger partial charge is 0.206 e. The Morgan fingerprint density at radius 3 is 2.47 bits per heavy atom. The predicted molar refractivity (Wildman–Crippen MR) is 73.9 cm³/mol. The minimum Gasteiger partial charge on any atom is -0.360 e. The van der Waals surface area contributed by atoms with Gasteiger partial charge >= 0.3 is 0 Å². The monoisotopic (exact) mass is 257 g/mol. The van der Waals surface area contributed by atoms with Crippen LogP contribution in [0.2, 0.25) is 0 Å². The zero-order chi connectivity index (χ0) is 12.7. The van der Waals surface area contributed by atoms with Gasteiger partial charge in [0, 0.05) is 13.1 Å². The van der Waals surface area contributed by atoms with Gasteiger partial charge in [-0.15, -0.1) is 0 Å². The van der Waals surface area contributed by atoms with E-state index in [-0.39, 0.29) is 5.78 Å². The van der Waals surface area contributed by atoms with Crippen LogP contribution in [-0.4, -0.2) is 41.3 Å². The second-order valence-electron chi connectivity index (χ2n) is 4.61. The van der Waals surface area contributed by atoms with Crippen molar-refractivity contribution in [3.63, 3.8) is 0 Å². The predicted octanol–water partition coefficient (Wildman–Crippen LogP) is 0.825. The second-order valence-corrected chi connectivity index (χ2v) is 4.99. The summed E-state index contributed by atoms with van der Waals surface area (Å²) in [6, 6.07) is -0.448. The van der Waals surface area contributed by atoms with E-state index in [1.165, 1.54) is 6.42 Å². The van der Waals surface area contributed by atoms with Crippen molar-refractivity contribution in [2.24, 2.45) is 11.5 Å². The average molecular weight is 257 g/mol. The zero-order valence-corrected chi connectivity index (χ0v) is 11.2. The highest BCUT2D eigenvalue weighted by Crippen LogP contribution is 2.11. The minimum absolute atomic E-state index is 0.0704. The molecule has 4 nitrogen and oxygen atoms in total. The molecule has 0 bridgehead atoms. The molecule has 0 aromatic carbocycles. The van der Waals surface area contributed by atoms with Gasteiger partial charge in [-0.1, -0.05) is 18.6 Å². The number of nitrogens with zero attached hydrogens (tertiary/aromatic N) is 1. The van der Waals surface area contributed by atoms with Gasteiger partial charge in [-0.2, -0.15) is 0 Å². The van der Waals surface area contributed by atoms with Gasteiger partial charge in [-0.25, -0.2) is 0 Å². The number of piperidine rings is 1. The number of likely N-dealkylation sites (tertiary alicyclic amines) is 1. The maximum atomic E-state index is 12.0. The lowest BCUT2D eigenvalue weighted by atomic mass is 10.0. The molecule has 0 spiro atoms. The Bertz CT molecular complexity index is 264. The van der Waals surface area contributed by atoms with Crippen LogP contribution in [0.4, 0.5) is 0 Å². The number of carbonyl (C=O) groups is 1. The van der Waals surface area contributed by atoms with Crippen LogP contribution in [-0.2, 0) is 4.79 Å². The summed E-state index contributed by atoms with van der Waals surface area (Å²) in [6.45, 7) is 2.46. The first-order valence-electron chi connectivity index (χ1n) is 6.45. The molecule has 1 heterocycles. The minimum atomic E-state index is -0.448. The molecule has 98 valence electrons. The largest absolute Gasteiger partial charge is 0.360 e. The lowest BCUT2D eigenvalue weighted by molar-refractivity contribution is -0.114.